The minimum absolute atomic E-state index is 0.0103. The Morgan fingerprint density at radius 2 is 1.50 bits per heavy atom. The molecular weight excluding hydrogens is 404 g/mol. The Morgan fingerprint density at radius 1 is 0.844 bits per heavy atom. The Bertz CT molecular complexity index is 882. The van der Waals surface area contributed by atoms with Gasteiger partial charge in [-0.3, -0.25) is 9.80 Å². The molecule has 0 spiro atoms. The van der Waals surface area contributed by atoms with E-state index in [1.165, 1.54) is 38.5 Å². The van der Waals surface area contributed by atoms with Crippen LogP contribution < -0.4 is 9.47 Å². The second-order valence-corrected chi connectivity index (χ2v) is 9.45. The lowest BCUT2D eigenvalue weighted by molar-refractivity contribution is 0.0764. The van der Waals surface area contributed by atoms with Gasteiger partial charge in [-0.1, -0.05) is 31.7 Å². The molecule has 2 aromatic rings. The third-order valence-electron chi connectivity index (χ3n) is 7.71. The summed E-state index contributed by atoms with van der Waals surface area (Å²) in [6.45, 7) is 4.26. The number of rotatable bonds is 7. The van der Waals surface area contributed by atoms with Crippen LogP contribution in [0, 0.1) is 0 Å². The maximum atomic E-state index is 5.64. The van der Waals surface area contributed by atoms with E-state index in [0.717, 1.165) is 67.9 Å². The fraction of sp³-hybridized carbons (Fsp3) is 0.708. The molecule has 1 aliphatic heterocycles. The van der Waals surface area contributed by atoms with Crippen LogP contribution in [0.4, 0.5) is 0 Å². The Balaban J connectivity index is 1.45. The lowest BCUT2D eigenvalue weighted by atomic mass is 10.0. The standard InChI is InChI=1S/C24H36N6O2/c1-31-21-12-11-18(17-22(21)32-2)23(24-25-26-27-30(24)20-9-5-6-10-20)29-15-13-28(14-16-29)19-7-3-4-8-19/h11-12,17,19-20,23H,3-10,13-16H2,1-2H3/t23-/m0/s1. The summed E-state index contributed by atoms with van der Waals surface area (Å²) in [5, 5.41) is 13.2. The maximum Gasteiger partial charge on any atom is 0.173 e. The van der Waals surface area contributed by atoms with Crippen molar-refractivity contribution >= 4 is 0 Å². The Labute approximate surface area is 190 Å². The molecule has 3 aliphatic rings. The minimum atomic E-state index is 0.0103. The average Bonchev–Trinajstić information content (AvgIpc) is 3.62. The second kappa shape index (κ2) is 9.75. The molecule has 0 amide bonds. The molecule has 0 bridgehead atoms. The predicted octanol–water partition coefficient (Wildman–Crippen LogP) is 3.46. The van der Waals surface area contributed by atoms with Gasteiger partial charge in [0.25, 0.3) is 0 Å². The average molecular weight is 441 g/mol. The molecule has 1 atom stereocenters. The lowest BCUT2D eigenvalue weighted by Gasteiger charge is -2.41. The van der Waals surface area contributed by atoms with Gasteiger partial charge in [0.05, 0.1) is 26.3 Å². The highest BCUT2D eigenvalue weighted by atomic mass is 16.5. The summed E-state index contributed by atoms with van der Waals surface area (Å²) in [6.07, 6.45) is 10.3. The van der Waals surface area contributed by atoms with Crippen molar-refractivity contribution in [1.82, 2.24) is 30.0 Å². The van der Waals surface area contributed by atoms with E-state index in [2.05, 4.69) is 42.1 Å². The van der Waals surface area contributed by atoms with Crippen LogP contribution in [0.2, 0.25) is 0 Å². The van der Waals surface area contributed by atoms with Crippen molar-refractivity contribution in [3.05, 3.63) is 29.6 Å². The number of hydrogen-bond donors (Lipinski definition) is 0. The van der Waals surface area contributed by atoms with Crippen LogP contribution in [0.25, 0.3) is 0 Å². The molecule has 2 aliphatic carbocycles. The number of piperazine rings is 1. The summed E-state index contributed by atoms with van der Waals surface area (Å²) >= 11 is 0. The summed E-state index contributed by atoms with van der Waals surface area (Å²) in [5.41, 5.74) is 1.16. The Kier molecular flexibility index (Phi) is 6.59. The zero-order chi connectivity index (χ0) is 21.9. The lowest BCUT2D eigenvalue weighted by Crippen LogP contribution is -2.51. The summed E-state index contributed by atoms with van der Waals surface area (Å²) in [6, 6.07) is 7.43. The normalized spacial score (nSPS) is 22.4. The van der Waals surface area contributed by atoms with E-state index in [4.69, 9.17) is 9.47 Å². The number of ether oxygens (including phenoxy) is 2. The van der Waals surface area contributed by atoms with Crippen LogP contribution >= 0.6 is 0 Å². The van der Waals surface area contributed by atoms with Gasteiger partial charge < -0.3 is 9.47 Å². The molecule has 1 aromatic carbocycles. The van der Waals surface area contributed by atoms with Gasteiger partial charge in [0.15, 0.2) is 17.3 Å². The van der Waals surface area contributed by atoms with Gasteiger partial charge in [-0.05, 0) is 53.8 Å². The smallest absolute Gasteiger partial charge is 0.173 e. The third-order valence-corrected chi connectivity index (χ3v) is 7.71. The molecule has 3 fully saturated rings. The van der Waals surface area contributed by atoms with E-state index >= 15 is 0 Å². The van der Waals surface area contributed by atoms with E-state index in [1.54, 1.807) is 14.2 Å². The van der Waals surface area contributed by atoms with E-state index in [9.17, 15) is 0 Å². The van der Waals surface area contributed by atoms with Crippen LogP contribution in [-0.4, -0.2) is 76.4 Å². The highest BCUT2D eigenvalue weighted by Gasteiger charge is 2.35. The number of methoxy groups -OCH3 is 2. The van der Waals surface area contributed by atoms with Crippen molar-refractivity contribution in [2.24, 2.45) is 0 Å². The molecule has 2 heterocycles. The van der Waals surface area contributed by atoms with Crippen molar-refractivity contribution in [3.8, 4) is 11.5 Å². The zero-order valence-corrected chi connectivity index (χ0v) is 19.4. The molecule has 1 saturated heterocycles. The maximum absolute atomic E-state index is 5.64. The van der Waals surface area contributed by atoms with Gasteiger partial charge in [-0.2, -0.15) is 0 Å². The highest BCUT2D eigenvalue weighted by molar-refractivity contribution is 5.45. The van der Waals surface area contributed by atoms with Gasteiger partial charge >= 0.3 is 0 Å². The van der Waals surface area contributed by atoms with E-state index in [-0.39, 0.29) is 6.04 Å². The van der Waals surface area contributed by atoms with Crippen molar-refractivity contribution < 1.29 is 9.47 Å². The number of hydrogen-bond acceptors (Lipinski definition) is 7. The van der Waals surface area contributed by atoms with E-state index in [0.29, 0.717) is 6.04 Å². The fourth-order valence-electron chi connectivity index (χ4n) is 5.97. The minimum Gasteiger partial charge on any atom is -0.493 e. The van der Waals surface area contributed by atoms with Crippen LogP contribution in [0.1, 0.15) is 74.8 Å². The molecule has 0 radical (unpaired) electrons. The van der Waals surface area contributed by atoms with E-state index in [1.807, 2.05) is 6.07 Å². The van der Waals surface area contributed by atoms with Gasteiger partial charge in [0, 0.05) is 32.2 Å². The van der Waals surface area contributed by atoms with Gasteiger partial charge in [0.2, 0.25) is 0 Å². The summed E-state index contributed by atoms with van der Waals surface area (Å²) in [7, 11) is 3.37. The Hall–Kier alpha value is -2.19. The summed E-state index contributed by atoms with van der Waals surface area (Å²) in [4.78, 5) is 5.26. The predicted molar refractivity (Wildman–Crippen MR) is 122 cm³/mol. The molecule has 8 heteroatoms. The van der Waals surface area contributed by atoms with Crippen LogP contribution in [-0.2, 0) is 0 Å². The molecule has 32 heavy (non-hydrogen) atoms. The molecule has 1 aromatic heterocycles. The second-order valence-electron chi connectivity index (χ2n) is 9.45. The highest BCUT2D eigenvalue weighted by Crippen LogP contribution is 2.38. The Morgan fingerprint density at radius 3 is 2.16 bits per heavy atom. The molecule has 2 saturated carbocycles. The zero-order valence-electron chi connectivity index (χ0n) is 19.4. The van der Waals surface area contributed by atoms with Gasteiger partial charge in [0.1, 0.15) is 0 Å². The topological polar surface area (TPSA) is 68.5 Å². The van der Waals surface area contributed by atoms with Crippen LogP contribution in [0.15, 0.2) is 18.2 Å². The van der Waals surface area contributed by atoms with Crippen molar-refractivity contribution in [2.45, 2.75) is 69.5 Å². The number of tetrazole rings is 1. The molecule has 174 valence electrons. The van der Waals surface area contributed by atoms with Gasteiger partial charge in [-0.15, -0.1) is 5.10 Å². The first-order valence-electron chi connectivity index (χ1n) is 12.3. The molecule has 0 unspecified atom stereocenters. The quantitative estimate of drug-likeness (QED) is 0.653. The number of nitrogens with zero attached hydrogens (tertiary/aromatic N) is 6. The first-order valence-corrected chi connectivity index (χ1v) is 12.3. The molecular formula is C24H36N6O2. The van der Waals surface area contributed by atoms with Crippen molar-refractivity contribution in [1.29, 1.82) is 0 Å². The van der Waals surface area contributed by atoms with Crippen LogP contribution in [0.3, 0.4) is 0 Å². The van der Waals surface area contributed by atoms with E-state index < -0.39 is 0 Å². The number of benzene rings is 1. The summed E-state index contributed by atoms with van der Waals surface area (Å²) in [5.74, 6) is 2.45. The summed E-state index contributed by atoms with van der Waals surface area (Å²) < 4.78 is 13.2. The molecule has 0 N–H and O–H groups in total. The fourth-order valence-corrected chi connectivity index (χ4v) is 5.97. The largest absolute Gasteiger partial charge is 0.493 e. The van der Waals surface area contributed by atoms with Gasteiger partial charge in [-0.25, -0.2) is 4.68 Å². The molecule has 5 rings (SSSR count). The third kappa shape index (κ3) is 4.22. The van der Waals surface area contributed by atoms with Crippen molar-refractivity contribution in [3.63, 3.8) is 0 Å². The SMILES string of the molecule is COc1ccc([C@@H](c2nnnn2C2CCCC2)N2CCN(C3CCCC3)CC2)cc1OC. The monoisotopic (exact) mass is 440 g/mol. The van der Waals surface area contributed by atoms with Crippen molar-refractivity contribution in [2.75, 3.05) is 40.4 Å². The first-order chi connectivity index (χ1) is 15.8. The first kappa shape index (κ1) is 21.6. The molecule has 8 nitrogen and oxygen atoms in total. The van der Waals surface area contributed by atoms with Crippen LogP contribution in [0.5, 0.6) is 11.5 Å². The number of aromatic nitrogens is 4.